The van der Waals surface area contributed by atoms with Crippen LogP contribution in [0.5, 0.6) is 5.75 Å². The summed E-state index contributed by atoms with van der Waals surface area (Å²) in [6.07, 6.45) is 2.59. The summed E-state index contributed by atoms with van der Waals surface area (Å²) < 4.78 is 5.79. The van der Waals surface area contributed by atoms with Crippen molar-refractivity contribution in [3.63, 3.8) is 0 Å². The maximum absolute atomic E-state index is 11.2. The fourth-order valence-corrected chi connectivity index (χ4v) is 3.15. The number of hydrogen-bond acceptors (Lipinski definition) is 3. The Morgan fingerprint density at radius 1 is 1.08 bits per heavy atom. The van der Waals surface area contributed by atoms with Crippen LogP contribution < -0.4 is 4.74 Å². The summed E-state index contributed by atoms with van der Waals surface area (Å²) >= 11 is 0. The third-order valence-electron chi connectivity index (χ3n) is 4.46. The van der Waals surface area contributed by atoms with Gasteiger partial charge in [-0.2, -0.15) is 0 Å². The van der Waals surface area contributed by atoms with E-state index in [9.17, 15) is 9.90 Å². The van der Waals surface area contributed by atoms with Crippen molar-refractivity contribution in [1.29, 1.82) is 0 Å². The van der Waals surface area contributed by atoms with Crippen LogP contribution in [0.25, 0.3) is 0 Å². The lowest BCUT2D eigenvalue weighted by molar-refractivity contribution is -0.142. The van der Waals surface area contributed by atoms with Crippen LogP contribution in [0.15, 0.2) is 54.6 Å². The number of carbonyl (C=O) groups is 1. The van der Waals surface area contributed by atoms with Gasteiger partial charge in [-0.15, -0.1) is 0 Å². The Bertz CT molecular complexity index is 654. The highest BCUT2D eigenvalue weighted by Gasteiger charge is 2.30. The minimum Gasteiger partial charge on any atom is -0.493 e. The SMILES string of the molecule is O=C(O)C1CCCN1Cc1ccc(OCCc2ccccc2)cc1. The van der Waals surface area contributed by atoms with E-state index >= 15 is 0 Å². The lowest BCUT2D eigenvalue weighted by atomic mass is 10.1. The molecule has 0 bridgehead atoms. The molecule has 0 aliphatic carbocycles. The van der Waals surface area contributed by atoms with Gasteiger partial charge in [-0.25, -0.2) is 0 Å². The lowest BCUT2D eigenvalue weighted by Gasteiger charge is -2.21. The van der Waals surface area contributed by atoms with Crippen molar-refractivity contribution in [3.05, 3.63) is 65.7 Å². The molecule has 24 heavy (non-hydrogen) atoms. The third kappa shape index (κ3) is 4.36. The Kier molecular flexibility index (Phi) is 5.49. The van der Waals surface area contributed by atoms with Gasteiger partial charge in [0.2, 0.25) is 0 Å². The van der Waals surface area contributed by atoms with Crippen LogP contribution in [0.3, 0.4) is 0 Å². The molecule has 1 saturated heterocycles. The number of benzene rings is 2. The highest BCUT2D eigenvalue weighted by molar-refractivity contribution is 5.73. The molecule has 0 saturated carbocycles. The van der Waals surface area contributed by atoms with Crippen molar-refractivity contribution in [2.75, 3.05) is 13.2 Å². The minimum absolute atomic E-state index is 0.341. The van der Waals surface area contributed by atoms with E-state index in [1.54, 1.807) is 0 Å². The number of carboxylic acid groups (broad SMARTS) is 1. The number of hydrogen-bond donors (Lipinski definition) is 1. The molecule has 1 atom stereocenters. The van der Waals surface area contributed by atoms with Crippen molar-refractivity contribution >= 4 is 5.97 Å². The molecule has 4 heteroatoms. The zero-order valence-electron chi connectivity index (χ0n) is 13.7. The second-order valence-corrected chi connectivity index (χ2v) is 6.19. The summed E-state index contributed by atoms with van der Waals surface area (Å²) in [4.78, 5) is 13.3. The predicted molar refractivity (Wildman–Crippen MR) is 93.2 cm³/mol. The summed E-state index contributed by atoms with van der Waals surface area (Å²) in [6, 6.07) is 17.9. The number of ether oxygens (including phenoxy) is 1. The van der Waals surface area contributed by atoms with Crippen LogP contribution in [-0.2, 0) is 17.8 Å². The molecule has 2 aromatic carbocycles. The second kappa shape index (κ2) is 7.97. The molecule has 1 aliphatic heterocycles. The zero-order chi connectivity index (χ0) is 16.8. The van der Waals surface area contributed by atoms with Gasteiger partial charge < -0.3 is 9.84 Å². The van der Waals surface area contributed by atoms with E-state index in [0.717, 1.165) is 37.1 Å². The molecular formula is C20H23NO3. The van der Waals surface area contributed by atoms with Gasteiger partial charge in [0.15, 0.2) is 0 Å². The van der Waals surface area contributed by atoms with Gasteiger partial charge in [-0.05, 0) is 42.6 Å². The molecule has 4 nitrogen and oxygen atoms in total. The van der Waals surface area contributed by atoms with Crippen molar-refractivity contribution in [1.82, 2.24) is 4.90 Å². The van der Waals surface area contributed by atoms with Gasteiger partial charge in [0.25, 0.3) is 0 Å². The quantitative estimate of drug-likeness (QED) is 0.848. The molecular weight excluding hydrogens is 302 g/mol. The van der Waals surface area contributed by atoms with E-state index in [0.29, 0.717) is 13.2 Å². The summed E-state index contributed by atoms with van der Waals surface area (Å²) in [6.45, 7) is 2.18. The van der Waals surface area contributed by atoms with Crippen LogP contribution in [0.4, 0.5) is 0 Å². The van der Waals surface area contributed by atoms with Crippen LogP contribution >= 0.6 is 0 Å². The first-order chi connectivity index (χ1) is 11.7. The van der Waals surface area contributed by atoms with E-state index in [1.807, 2.05) is 47.4 Å². The van der Waals surface area contributed by atoms with E-state index in [4.69, 9.17) is 4.74 Å². The monoisotopic (exact) mass is 325 g/mol. The average molecular weight is 325 g/mol. The molecule has 1 aliphatic rings. The number of likely N-dealkylation sites (tertiary alicyclic amines) is 1. The Labute approximate surface area is 142 Å². The third-order valence-corrected chi connectivity index (χ3v) is 4.46. The van der Waals surface area contributed by atoms with Gasteiger partial charge in [0, 0.05) is 13.0 Å². The molecule has 1 heterocycles. The molecule has 126 valence electrons. The fourth-order valence-electron chi connectivity index (χ4n) is 3.15. The minimum atomic E-state index is -0.714. The number of nitrogens with zero attached hydrogens (tertiary/aromatic N) is 1. The second-order valence-electron chi connectivity index (χ2n) is 6.19. The molecule has 3 rings (SSSR count). The average Bonchev–Trinajstić information content (AvgIpc) is 3.06. The smallest absolute Gasteiger partial charge is 0.320 e. The molecule has 1 unspecified atom stereocenters. The van der Waals surface area contributed by atoms with E-state index < -0.39 is 5.97 Å². The van der Waals surface area contributed by atoms with Gasteiger partial charge in [-0.1, -0.05) is 42.5 Å². The van der Waals surface area contributed by atoms with Gasteiger partial charge in [-0.3, -0.25) is 9.69 Å². The van der Waals surface area contributed by atoms with Gasteiger partial charge in [0.05, 0.1) is 6.61 Å². The maximum Gasteiger partial charge on any atom is 0.320 e. The Balaban J connectivity index is 1.49. The summed E-state index contributed by atoms with van der Waals surface area (Å²) in [7, 11) is 0. The maximum atomic E-state index is 11.2. The van der Waals surface area contributed by atoms with Crippen LogP contribution in [0.2, 0.25) is 0 Å². The van der Waals surface area contributed by atoms with Crippen LogP contribution in [0.1, 0.15) is 24.0 Å². The predicted octanol–water partition coefficient (Wildman–Crippen LogP) is 3.36. The Morgan fingerprint density at radius 2 is 1.83 bits per heavy atom. The van der Waals surface area contributed by atoms with Crippen molar-refractivity contribution in [3.8, 4) is 5.75 Å². The number of aliphatic carboxylic acids is 1. The number of carboxylic acids is 1. The van der Waals surface area contributed by atoms with E-state index in [1.165, 1.54) is 5.56 Å². The molecule has 0 spiro atoms. The van der Waals surface area contributed by atoms with Crippen LogP contribution in [-0.4, -0.2) is 35.2 Å². The highest BCUT2D eigenvalue weighted by Crippen LogP contribution is 2.21. The molecule has 0 aromatic heterocycles. The van der Waals surface area contributed by atoms with E-state index in [-0.39, 0.29) is 6.04 Å². The fraction of sp³-hybridized carbons (Fsp3) is 0.350. The van der Waals surface area contributed by atoms with E-state index in [2.05, 4.69) is 12.1 Å². The normalized spacial score (nSPS) is 17.8. The molecule has 1 fully saturated rings. The standard InChI is InChI=1S/C20H23NO3/c22-20(23)19-7-4-13-21(19)15-17-8-10-18(11-9-17)24-14-12-16-5-2-1-3-6-16/h1-3,5-6,8-11,19H,4,7,12-15H2,(H,22,23). The highest BCUT2D eigenvalue weighted by atomic mass is 16.5. The topological polar surface area (TPSA) is 49.8 Å². The zero-order valence-corrected chi connectivity index (χ0v) is 13.7. The first kappa shape index (κ1) is 16.5. The number of rotatable bonds is 7. The first-order valence-electron chi connectivity index (χ1n) is 8.45. The molecule has 1 N–H and O–H groups in total. The van der Waals surface area contributed by atoms with Gasteiger partial charge >= 0.3 is 5.97 Å². The van der Waals surface area contributed by atoms with Gasteiger partial charge in [0.1, 0.15) is 11.8 Å². The molecule has 2 aromatic rings. The molecule has 0 amide bonds. The Hall–Kier alpha value is -2.33. The largest absolute Gasteiger partial charge is 0.493 e. The lowest BCUT2D eigenvalue weighted by Crippen LogP contribution is -2.35. The Morgan fingerprint density at radius 3 is 2.54 bits per heavy atom. The molecule has 0 radical (unpaired) electrons. The summed E-state index contributed by atoms with van der Waals surface area (Å²) in [5.74, 6) is 0.138. The van der Waals surface area contributed by atoms with Crippen LogP contribution in [0, 0.1) is 0 Å². The van der Waals surface area contributed by atoms with Crippen molar-refractivity contribution < 1.29 is 14.6 Å². The van der Waals surface area contributed by atoms with Crippen molar-refractivity contribution in [2.24, 2.45) is 0 Å². The first-order valence-corrected chi connectivity index (χ1v) is 8.45. The van der Waals surface area contributed by atoms with Crippen molar-refractivity contribution in [2.45, 2.75) is 31.8 Å². The summed E-state index contributed by atoms with van der Waals surface area (Å²) in [5.41, 5.74) is 2.39. The summed E-state index contributed by atoms with van der Waals surface area (Å²) in [5, 5.41) is 9.24.